The van der Waals surface area contributed by atoms with E-state index in [1.54, 1.807) is 0 Å². The largest absolute Gasteiger partial charge is 0.330 e. The third-order valence-electron chi connectivity index (χ3n) is 4.92. The van der Waals surface area contributed by atoms with E-state index in [4.69, 9.17) is 10.7 Å². The monoisotopic (exact) mass is 285 g/mol. The molecule has 1 heterocycles. The lowest BCUT2D eigenvalue weighted by Crippen LogP contribution is -2.27. The van der Waals surface area contributed by atoms with Crippen molar-refractivity contribution in [1.29, 1.82) is 0 Å². The van der Waals surface area contributed by atoms with Gasteiger partial charge in [-0.2, -0.15) is 0 Å². The molecule has 0 bridgehead atoms. The Morgan fingerprint density at radius 3 is 2.86 bits per heavy atom. The Bertz CT molecular complexity index is 614. The van der Waals surface area contributed by atoms with Crippen LogP contribution in [-0.2, 0) is 6.54 Å². The zero-order chi connectivity index (χ0) is 14.8. The summed E-state index contributed by atoms with van der Waals surface area (Å²) in [5, 5.41) is 0. The minimum Gasteiger partial charge on any atom is -0.330 e. The van der Waals surface area contributed by atoms with Gasteiger partial charge in [0.1, 0.15) is 5.82 Å². The van der Waals surface area contributed by atoms with Gasteiger partial charge >= 0.3 is 0 Å². The van der Waals surface area contributed by atoms with Crippen LogP contribution in [0.3, 0.4) is 0 Å². The molecule has 2 atom stereocenters. The standard InChI is InChI=1S/C18H27N3/c1-3-10-21-17-9-8-13(2)11-16(17)20-18(21)15-7-5-4-6-14(15)12-19/h8-9,11,14-15H,3-7,10,12,19H2,1-2H3. The molecule has 2 unspecified atom stereocenters. The van der Waals surface area contributed by atoms with Crippen LogP contribution in [0, 0.1) is 12.8 Å². The number of aromatic nitrogens is 2. The molecule has 1 aliphatic rings. The van der Waals surface area contributed by atoms with Crippen LogP contribution in [0.15, 0.2) is 18.2 Å². The van der Waals surface area contributed by atoms with Crippen LogP contribution < -0.4 is 5.73 Å². The molecule has 0 saturated heterocycles. The molecule has 1 aliphatic carbocycles. The van der Waals surface area contributed by atoms with Crippen LogP contribution in [0.25, 0.3) is 11.0 Å². The molecule has 3 rings (SSSR count). The van der Waals surface area contributed by atoms with E-state index in [1.807, 2.05) is 0 Å². The van der Waals surface area contributed by atoms with E-state index < -0.39 is 0 Å². The van der Waals surface area contributed by atoms with Gasteiger partial charge in [0.05, 0.1) is 11.0 Å². The van der Waals surface area contributed by atoms with Crippen LogP contribution in [0.5, 0.6) is 0 Å². The molecule has 3 nitrogen and oxygen atoms in total. The summed E-state index contributed by atoms with van der Waals surface area (Å²) in [7, 11) is 0. The number of hydrogen-bond donors (Lipinski definition) is 1. The van der Waals surface area contributed by atoms with Crippen LogP contribution in [0.4, 0.5) is 0 Å². The van der Waals surface area contributed by atoms with Gasteiger partial charge in [0.25, 0.3) is 0 Å². The van der Waals surface area contributed by atoms with Crippen molar-refractivity contribution < 1.29 is 0 Å². The molecule has 1 saturated carbocycles. The van der Waals surface area contributed by atoms with Crippen LogP contribution in [-0.4, -0.2) is 16.1 Å². The quantitative estimate of drug-likeness (QED) is 0.923. The molecule has 1 fully saturated rings. The van der Waals surface area contributed by atoms with Gasteiger partial charge in [-0.05, 0) is 56.3 Å². The van der Waals surface area contributed by atoms with E-state index in [-0.39, 0.29) is 0 Å². The maximum Gasteiger partial charge on any atom is 0.113 e. The Morgan fingerprint density at radius 1 is 1.29 bits per heavy atom. The molecule has 0 radical (unpaired) electrons. The van der Waals surface area contributed by atoms with E-state index in [0.29, 0.717) is 11.8 Å². The van der Waals surface area contributed by atoms with E-state index in [1.165, 1.54) is 42.6 Å². The van der Waals surface area contributed by atoms with Crippen LogP contribution in [0.1, 0.15) is 56.3 Å². The van der Waals surface area contributed by atoms with Crippen molar-refractivity contribution in [3.63, 3.8) is 0 Å². The van der Waals surface area contributed by atoms with E-state index in [9.17, 15) is 0 Å². The Labute approximate surface area is 127 Å². The zero-order valence-electron chi connectivity index (χ0n) is 13.3. The highest BCUT2D eigenvalue weighted by Gasteiger charge is 2.29. The highest BCUT2D eigenvalue weighted by Crippen LogP contribution is 2.38. The van der Waals surface area contributed by atoms with Gasteiger partial charge in [-0.3, -0.25) is 0 Å². The first-order valence-corrected chi connectivity index (χ1v) is 8.41. The molecule has 0 amide bonds. The smallest absolute Gasteiger partial charge is 0.113 e. The topological polar surface area (TPSA) is 43.8 Å². The first kappa shape index (κ1) is 14.6. The summed E-state index contributed by atoms with van der Waals surface area (Å²) in [5.41, 5.74) is 9.77. The molecule has 3 heteroatoms. The Morgan fingerprint density at radius 2 is 2.10 bits per heavy atom. The molecule has 2 N–H and O–H groups in total. The van der Waals surface area contributed by atoms with Gasteiger partial charge in [-0.15, -0.1) is 0 Å². The van der Waals surface area contributed by atoms with E-state index in [2.05, 4.69) is 36.6 Å². The lowest BCUT2D eigenvalue weighted by molar-refractivity contribution is 0.298. The molecular formula is C18H27N3. The second-order valence-electron chi connectivity index (χ2n) is 6.50. The molecule has 0 spiro atoms. The fraction of sp³-hybridized carbons (Fsp3) is 0.611. The van der Waals surface area contributed by atoms with Gasteiger partial charge in [0.15, 0.2) is 0 Å². The van der Waals surface area contributed by atoms with Gasteiger partial charge in [0.2, 0.25) is 0 Å². The van der Waals surface area contributed by atoms with Gasteiger partial charge in [0, 0.05) is 12.5 Å². The summed E-state index contributed by atoms with van der Waals surface area (Å²) < 4.78 is 2.45. The molecule has 21 heavy (non-hydrogen) atoms. The number of imidazole rings is 1. The zero-order valence-corrected chi connectivity index (χ0v) is 13.3. The van der Waals surface area contributed by atoms with Crippen molar-refractivity contribution in [3.05, 3.63) is 29.6 Å². The van der Waals surface area contributed by atoms with Crippen molar-refractivity contribution in [2.45, 2.75) is 58.4 Å². The van der Waals surface area contributed by atoms with E-state index >= 15 is 0 Å². The maximum absolute atomic E-state index is 6.04. The van der Waals surface area contributed by atoms with Gasteiger partial charge in [-0.1, -0.05) is 25.8 Å². The average Bonchev–Trinajstić information content (AvgIpc) is 2.85. The second kappa shape index (κ2) is 6.18. The number of nitrogens with zero attached hydrogens (tertiary/aromatic N) is 2. The number of hydrogen-bond acceptors (Lipinski definition) is 2. The number of rotatable bonds is 4. The lowest BCUT2D eigenvalue weighted by atomic mass is 9.78. The number of aryl methyl sites for hydroxylation is 2. The fourth-order valence-electron chi connectivity index (χ4n) is 3.83. The van der Waals surface area contributed by atoms with Crippen LogP contribution >= 0.6 is 0 Å². The summed E-state index contributed by atoms with van der Waals surface area (Å²) in [6.45, 7) is 6.23. The van der Waals surface area contributed by atoms with Crippen LogP contribution in [0.2, 0.25) is 0 Å². The van der Waals surface area contributed by atoms with E-state index in [0.717, 1.165) is 25.0 Å². The van der Waals surface area contributed by atoms with Gasteiger partial charge < -0.3 is 10.3 Å². The summed E-state index contributed by atoms with van der Waals surface area (Å²) in [6, 6.07) is 6.64. The summed E-state index contributed by atoms with van der Waals surface area (Å²) >= 11 is 0. The fourth-order valence-corrected chi connectivity index (χ4v) is 3.83. The third-order valence-corrected chi connectivity index (χ3v) is 4.92. The molecule has 114 valence electrons. The predicted molar refractivity (Wildman–Crippen MR) is 88.5 cm³/mol. The maximum atomic E-state index is 6.04. The minimum absolute atomic E-state index is 0.544. The Balaban J connectivity index is 2.09. The molecule has 1 aromatic heterocycles. The highest BCUT2D eigenvalue weighted by molar-refractivity contribution is 5.77. The number of nitrogens with two attached hydrogens (primary N) is 1. The molecular weight excluding hydrogens is 258 g/mol. The third kappa shape index (κ3) is 2.71. The number of fused-ring (bicyclic) bond motifs is 1. The van der Waals surface area contributed by atoms with Crippen molar-refractivity contribution in [2.24, 2.45) is 11.7 Å². The molecule has 2 aromatic rings. The highest BCUT2D eigenvalue weighted by atomic mass is 15.1. The van der Waals surface area contributed by atoms with Crippen molar-refractivity contribution >= 4 is 11.0 Å². The van der Waals surface area contributed by atoms with Crippen molar-refractivity contribution in [3.8, 4) is 0 Å². The minimum atomic E-state index is 0.544. The molecule has 0 aliphatic heterocycles. The SMILES string of the molecule is CCCn1c(C2CCCCC2CN)nc2cc(C)ccc21. The van der Waals surface area contributed by atoms with Crippen molar-refractivity contribution in [1.82, 2.24) is 9.55 Å². The van der Waals surface area contributed by atoms with Gasteiger partial charge in [-0.25, -0.2) is 4.98 Å². The normalized spacial score (nSPS) is 22.8. The second-order valence-corrected chi connectivity index (χ2v) is 6.50. The first-order chi connectivity index (χ1) is 10.2. The summed E-state index contributed by atoms with van der Waals surface area (Å²) in [6.07, 6.45) is 6.29. The number of benzene rings is 1. The predicted octanol–water partition coefficient (Wildman–Crippen LogP) is 3.99. The Hall–Kier alpha value is -1.35. The van der Waals surface area contributed by atoms with Crippen molar-refractivity contribution in [2.75, 3.05) is 6.54 Å². The summed E-state index contributed by atoms with van der Waals surface area (Å²) in [4.78, 5) is 5.02. The first-order valence-electron chi connectivity index (χ1n) is 8.41. The molecule has 1 aromatic carbocycles. The lowest BCUT2D eigenvalue weighted by Gasteiger charge is -2.30. The average molecular weight is 285 g/mol. The Kier molecular flexibility index (Phi) is 4.29. The summed E-state index contributed by atoms with van der Waals surface area (Å²) in [5.74, 6) is 2.43.